The highest BCUT2D eigenvalue weighted by atomic mass is 16.5. The molecule has 188 valence electrons. The Labute approximate surface area is 204 Å². The zero-order chi connectivity index (χ0) is 24.0. The van der Waals surface area contributed by atoms with Crippen LogP contribution < -0.4 is 0 Å². The first-order valence-corrected chi connectivity index (χ1v) is 14.5. The molecule has 0 radical (unpaired) electrons. The fourth-order valence-corrected chi connectivity index (χ4v) is 9.48. The Morgan fingerprint density at radius 2 is 1.73 bits per heavy atom. The predicted molar refractivity (Wildman–Crippen MR) is 138 cm³/mol. The van der Waals surface area contributed by atoms with Gasteiger partial charge in [-0.3, -0.25) is 4.79 Å². The number of carbonyl (C=O) groups is 1. The number of carbonyl (C=O) groups excluding carboxylic acids is 1. The van der Waals surface area contributed by atoms with Crippen LogP contribution in [0, 0.1) is 52.3 Å². The number of allylic oxidation sites excluding steroid dienone is 2. The first-order chi connectivity index (χ1) is 15.6. The number of esters is 1. The van der Waals surface area contributed by atoms with Gasteiger partial charge in [-0.25, -0.2) is 0 Å². The molecular formula is C31H52O2. The van der Waals surface area contributed by atoms with Gasteiger partial charge in [0.1, 0.15) is 6.10 Å². The monoisotopic (exact) mass is 456 g/mol. The number of hydrogen-bond donors (Lipinski definition) is 0. The summed E-state index contributed by atoms with van der Waals surface area (Å²) in [6.45, 7) is 16.6. The van der Waals surface area contributed by atoms with Crippen molar-refractivity contribution in [2.45, 2.75) is 125 Å². The largest absolute Gasteiger partial charge is 0.463 e. The lowest BCUT2D eigenvalue weighted by atomic mass is 9.47. The van der Waals surface area contributed by atoms with Crippen molar-refractivity contribution in [3.63, 3.8) is 0 Å². The summed E-state index contributed by atoms with van der Waals surface area (Å²) in [6.07, 6.45) is 17.3. The van der Waals surface area contributed by atoms with Crippen LogP contribution in [0.3, 0.4) is 0 Å². The van der Waals surface area contributed by atoms with Gasteiger partial charge in [-0.1, -0.05) is 66.0 Å². The van der Waals surface area contributed by atoms with Crippen molar-refractivity contribution in [3.05, 3.63) is 11.6 Å². The van der Waals surface area contributed by atoms with Crippen LogP contribution in [0.4, 0.5) is 0 Å². The van der Waals surface area contributed by atoms with Crippen LogP contribution in [0.15, 0.2) is 11.6 Å². The SMILES string of the molecule is CC[C@@H](CC[C@@H](C)[C@H]1CCC2C3=CCC4C[C@@H](OC(C)=O)CC[C@]4(C)C3CC[C@@]21C)C(C)C. The van der Waals surface area contributed by atoms with E-state index < -0.39 is 0 Å². The van der Waals surface area contributed by atoms with Gasteiger partial charge in [0.25, 0.3) is 0 Å². The van der Waals surface area contributed by atoms with Crippen molar-refractivity contribution in [3.8, 4) is 0 Å². The van der Waals surface area contributed by atoms with E-state index >= 15 is 0 Å². The minimum atomic E-state index is -0.103. The second-order valence-corrected chi connectivity index (χ2v) is 13.4. The van der Waals surface area contributed by atoms with Crippen molar-refractivity contribution in [1.82, 2.24) is 0 Å². The number of fused-ring (bicyclic) bond motifs is 5. The first kappa shape index (κ1) is 25.3. The van der Waals surface area contributed by atoms with Gasteiger partial charge in [-0.2, -0.15) is 0 Å². The maximum atomic E-state index is 11.5. The highest BCUT2D eigenvalue weighted by Crippen LogP contribution is 2.67. The average Bonchev–Trinajstić information content (AvgIpc) is 3.11. The van der Waals surface area contributed by atoms with Crippen molar-refractivity contribution >= 4 is 5.97 Å². The molecule has 33 heavy (non-hydrogen) atoms. The molecule has 0 amide bonds. The standard InChI is InChI=1S/C31H52O2/c1-8-23(20(2)3)10-9-21(4)27-13-14-28-26-12-11-24-19-25(33-22(5)32)15-17-30(24,6)29(26)16-18-31(27,28)7/h12,20-21,23-25,27-29H,8-11,13-19H2,1-7H3/t21-,23+,24?,25+,27-,28?,29?,30+,31-/m1/s1. The van der Waals surface area contributed by atoms with Gasteiger partial charge in [0.2, 0.25) is 0 Å². The summed E-state index contributed by atoms with van der Waals surface area (Å²) in [4.78, 5) is 11.5. The van der Waals surface area contributed by atoms with Crippen molar-refractivity contribution in [2.24, 2.45) is 52.3 Å². The third kappa shape index (κ3) is 4.58. The molecule has 0 aliphatic heterocycles. The Morgan fingerprint density at radius 3 is 2.39 bits per heavy atom. The summed E-state index contributed by atoms with van der Waals surface area (Å²) in [5.74, 6) is 5.65. The Bertz CT molecular complexity index is 737. The van der Waals surface area contributed by atoms with Gasteiger partial charge in [0.15, 0.2) is 0 Å². The Morgan fingerprint density at radius 1 is 1.03 bits per heavy atom. The summed E-state index contributed by atoms with van der Waals surface area (Å²) in [5.41, 5.74) is 2.79. The van der Waals surface area contributed by atoms with Gasteiger partial charge in [-0.15, -0.1) is 0 Å². The molecule has 0 spiro atoms. The molecule has 9 atom stereocenters. The molecule has 0 aromatic heterocycles. The number of ether oxygens (including phenoxy) is 1. The van der Waals surface area contributed by atoms with E-state index in [1.165, 1.54) is 57.8 Å². The molecule has 3 fully saturated rings. The molecule has 0 aromatic rings. The van der Waals surface area contributed by atoms with E-state index in [1.54, 1.807) is 6.92 Å². The van der Waals surface area contributed by atoms with Crippen LogP contribution in [0.1, 0.15) is 119 Å². The second-order valence-electron chi connectivity index (χ2n) is 13.4. The zero-order valence-electron chi connectivity index (χ0n) is 22.8. The van der Waals surface area contributed by atoms with Gasteiger partial charge in [0.05, 0.1) is 0 Å². The zero-order valence-corrected chi connectivity index (χ0v) is 22.8. The second kappa shape index (κ2) is 9.69. The molecule has 0 heterocycles. The fourth-order valence-electron chi connectivity index (χ4n) is 9.48. The van der Waals surface area contributed by atoms with Gasteiger partial charge in [0, 0.05) is 6.92 Å². The summed E-state index contributed by atoms with van der Waals surface area (Å²) in [5, 5.41) is 0. The van der Waals surface area contributed by atoms with E-state index in [4.69, 9.17) is 4.74 Å². The minimum absolute atomic E-state index is 0.103. The van der Waals surface area contributed by atoms with Crippen LogP contribution >= 0.6 is 0 Å². The molecule has 0 saturated heterocycles. The molecule has 2 heteroatoms. The Balaban J connectivity index is 1.46. The van der Waals surface area contributed by atoms with E-state index in [9.17, 15) is 4.79 Å². The molecule has 3 saturated carbocycles. The quantitative estimate of drug-likeness (QED) is 0.283. The summed E-state index contributed by atoms with van der Waals surface area (Å²) >= 11 is 0. The summed E-state index contributed by atoms with van der Waals surface area (Å²) < 4.78 is 5.65. The fraction of sp³-hybridized carbons (Fsp3) is 0.903. The summed E-state index contributed by atoms with van der Waals surface area (Å²) in [6, 6.07) is 0. The molecule has 4 rings (SSSR count). The van der Waals surface area contributed by atoms with Gasteiger partial charge < -0.3 is 4.74 Å². The van der Waals surface area contributed by atoms with Crippen molar-refractivity contribution < 1.29 is 9.53 Å². The minimum Gasteiger partial charge on any atom is -0.463 e. The van der Waals surface area contributed by atoms with Crippen LogP contribution in [-0.2, 0) is 9.53 Å². The van der Waals surface area contributed by atoms with E-state index in [2.05, 4.69) is 47.6 Å². The topological polar surface area (TPSA) is 26.3 Å². The lowest BCUT2D eigenvalue weighted by Crippen LogP contribution is -2.50. The molecule has 0 N–H and O–H groups in total. The lowest BCUT2D eigenvalue weighted by molar-refractivity contribution is -0.152. The van der Waals surface area contributed by atoms with Crippen molar-refractivity contribution in [1.29, 1.82) is 0 Å². The number of hydrogen-bond acceptors (Lipinski definition) is 2. The highest BCUT2D eigenvalue weighted by molar-refractivity contribution is 5.66. The normalized spacial score (nSPS) is 42.1. The number of rotatable bonds is 7. The smallest absolute Gasteiger partial charge is 0.302 e. The molecule has 2 nitrogen and oxygen atoms in total. The third-order valence-electron chi connectivity index (χ3n) is 11.6. The third-order valence-corrected chi connectivity index (χ3v) is 11.6. The maximum Gasteiger partial charge on any atom is 0.302 e. The van der Waals surface area contributed by atoms with Crippen LogP contribution in [-0.4, -0.2) is 12.1 Å². The first-order valence-electron chi connectivity index (χ1n) is 14.5. The van der Waals surface area contributed by atoms with Gasteiger partial charge in [-0.05, 0) is 110 Å². The van der Waals surface area contributed by atoms with Crippen LogP contribution in [0.2, 0.25) is 0 Å². The highest BCUT2D eigenvalue weighted by Gasteiger charge is 2.58. The summed E-state index contributed by atoms with van der Waals surface area (Å²) in [7, 11) is 0. The molecule has 0 aromatic carbocycles. The molecular weight excluding hydrogens is 404 g/mol. The van der Waals surface area contributed by atoms with E-state index in [0.29, 0.717) is 16.7 Å². The van der Waals surface area contributed by atoms with Crippen molar-refractivity contribution in [2.75, 3.05) is 0 Å². The molecule has 0 bridgehead atoms. The van der Waals surface area contributed by atoms with E-state index in [0.717, 1.165) is 48.3 Å². The van der Waals surface area contributed by atoms with E-state index in [1.807, 2.05) is 5.57 Å². The molecule has 3 unspecified atom stereocenters. The predicted octanol–water partition coefficient (Wildman–Crippen LogP) is 8.60. The van der Waals surface area contributed by atoms with E-state index in [-0.39, 0.29) is 12.1 Å². The van der Waals surface area contributed by atoms with Crippen LogP contribution in [0.25, 0.3) is 0 Å². The molecule has 4 aliphatic carbocycles. The molecule has 4 aliphatic rings. The Hall–Kier alpha value is -0.790. The maximum absolute atomic E-state index is 11.5. The Kier molecular flexibility index (Phi) is 7.43. The lowest BCUT2D eigenvalue weighted by Gasteiger charge is -2.58. The van der Waals surface area contributed by atoms with Crippen LogP contribution in [0.5, 0.6) is 0 Å². The average molecular weight is 457 g/mol. The van der Waals surface area contributed by atoms with Gasteiger partial charge >= 0.3 is 5.97 Å².